The maximum atomic E-state index is 12.5. The highest BCUT2D eigenvalue weighted by Crippen LogP contribution is 2.20. The molecule has 0 aromatic heterocycles. The lowest BCUT2D eigenvalue weighted by Crippen LogP contribution is -2.42. The summed E-state index contributed by atoms with van der Waals surface area (Å²) in [5.41, 5.74) is 1.16. The Morgan fingerprint density at radius 3 is 2.55 bits per heavy atom. The smallest absolute Gasteiger partial charge is 0.0975 e. The van der Waals surface area contributed by atoms with Crippen LogP contribution in [0, 0.1) is 5.92 Å². The molecule has 118 valence electrons. The van der Waals surface area contributed by atoms with E-state index in [0.29, 0.717) is 5.92 Å². The second-order valence-corrected chi connectivity index (χ2v) is 8.51. The van der Waals surface area contributed by atoms with Gasteiger partial charge in [0.25, 0.3) is 0 Å². The molecule has 1 aromatic rings. The highest BCUT2D eigenvalue weighted by Gasteiger charge is 2.25. The van der Waals surface area contributed by atoms with Gasteiger partial charge < -0.3 is 0 Å². The Kier molecular flexibility index (Phi) is 5.92. The lowest BCUT2D eigenvalue weighted by Gasteiger charge is -2.27. The van der Waals surface area contributed by atoms with Gasteiger partial charge in [0.2, 0.25) is 0 Å². The fourth-order valence-corrected chi connectivity index (χ4v) is 3.07. The molecule has 0 spiro atoms. The summed E-state index contributed by atoms with van der Waals surface area (Å²) in [5, 5.41) is 0. The fourth-order valence-electron chi connectivity index (χ4n) is 2.21. The van der Waals surface area contributed by atoms with E-state index >= 15 is 0 Å². The first-order valence-corrected chi connectivity index (χ1v) is 8.86. The van der Waals surface area contributed by atoms with Gasteiger partial charge in [-0.3, -0.25) is 0 Å². The highest BCUT2D eigenvalue weighted by molar-refractivity contribution is 7.84. The lowest BCUT2D eigenvalue weighted by atomic mass is 9.92. The summed E-state index contributed by atoms with van der Waals surface area (Å²) in [6.07, 6.45) is 13.7. The molecule has 1 aliphatic rings. The number of rotatable bonds is 5. The first kappa shape index (κ1) is 16.9. The normalized spacial score (nSPS) is 21.1. The zero-order valence-corrected chi connectivity index (χ0v) is 14.3. The minimum absolute atomic E-state index is 0.0569. The monoisotopic (exact) mass is 315 g/mol. The van der Waals surface area contributed by atoms with Crippen LogP contribution in [-0.2, 0) is 11.0 Å². The summed E-state index contributed by atoms with van der Waals surface area (Å²) >= 11 is 0. The van der Waals surface area contributed by atoms with Crippen LogP contribution in [0.15, 0.2) is 60.7 Å². The molecule has 0 saturated carbocycles. The summed E-state index contributed by atoms with van der Waals surface area (Å²) in [7, 11) is -1.09. The van der Waals surface area contributed by atoms with Gasteiger partial charge in [-0.25, -0.2) is 8.93 Å². The first-order valence-electron chi connectivity index (χ1n) is 7.71. The average molecular weight is 315 g/mol. The van der Waals surface area contributed by atoms with Crippen molar-refractivity contribution >= 4 is 17.1 Å². The average Bonchev–Trinajstić information content (AvgIpc) is 2.52. The van der Waals surface area contributed by atoms with Gasteiger partial charge >= 0.3 is 0 Å². The second-order valence-electron chi connectivity index (χ2n) is 6.51. The zero-order valence-electron chi connectivity index (χ0n) is 13.5. The van der Waals surface area contributed by atoms with Gasteiger partial charge in [0.05, 0.1) is 15.7 Å². The first-order chi connectivity index (χ1) is 10.5. The second kappa shape index (κ2) is 7.70. The lowest BCUT2D eigenvalue weighted by molar-refractivity contribution is 0.534. The van der Waals surface area contributed by atoms with Crippen molar-refractivity contribution in [3.8, 4) is 0 Å². The number of hydrogen-bond donors (Lipinski definition) is 1. The molecule has 2 rings (SSSR count). The van der Waals surface area contributed by atoms with Crippen LogP contribution in [0.25, 0.3) is 6.08 Å². The van der Waals surface area contributed by atoms with Crippen LogP contribution in [0.5, 0.6) is 0 Å². The topological polar surface area (TPSA) is 29.1 Å². The molecule has 0 radical (unpaired) electrons. The number of hydrogen-bond acceptors (Lipinski definition) is 1. The van der Waals surface area contributed by atoms with Crippen molar-refractivity contribution in [1.29, 1.82) is 0 Å². The van der Waals surface area contributed by atoms with Crippen LogP contribution in [0.2, 0.25) is 0 Å². The third-order valence-corrected chi connectivity index (χ3v) is 5.17. The maximum absolute atomic E-state index is 12.5. The molecule has 0 bridgehead atoms. The number of nitrogens with one attached hydrogen (secondary N) is 1. The fraction of sp³-hybridized carbons (Fsp3) is 0.368. The van der Waals surface area contributed by atoms with Crippen LogP contribution in [-0.4, -0.2) is 15.0 Å². The quantitative estimate of drug-likeness (QED) is 0.864. The van der Waals surface area contributed by atoms with Crippen molar-refractivity contribution in [2.75, 3.05) is 0 Å². The van der Waals surface area contributed by atoms with Gasteiger partial charge in [0.15, 0.2) is 0 Å². The molecule has 0 saturated heterocycles. The van der Waals surface area contributed by atoms with Gasteiger partial charge in [-0.05, 0) is 32.8 Å². The third kappa shape index (κ3) is 5.08. The van der Waals surface area contributed by atoms with Gasteiger partial charge in [-0.1, -0.05) is 66.8 Å². The molecule has 1 aliphatic carbocycles. The van der Waals surface area contributed by atoms with Gasteiger partial charge in [-0.2, -0.15) is 0 Å². The van der Waals surface area contributed by atoms with Crippen LogP contribution in [0.4, 0.5) is 0 Å². The van der Waals surface area contributed by atoms with E-state index in [9.17, 15) is 4.21 Å². The highest BCUT2D eigenvalue weighted by atomic mass is 32.2. The van der Waals surface area contributed by atoms with Crippen LogP contribution in [0.1, 0.15) is 32.8 Å². The van der Waals surface area contributed by atoms with Crippen LogP contribution < -0.4 is 4.72 Å². The molecule has 0 aliphatic heterocycles. The Morgan fingerprint density at radius 1 is 1.23 bits per heavy atom. The number of allylic oxidation sites excluding steroid dienone is 3. The molecule has 0 fully saturated rings. The van der Waals surface area contributed by atoms with E-state index in [1.54, 1.807) is 0 Å². The Morgan fingerprint density at radius 2 is 1.95 bits per heavy atom. The Bertz CT molecular complexity index is 581. The van der Waals surface area contributed by atoms with Crippen molar-refractivity contribution < 1.29 is 4.21 Å². The minimum atomic E-state index is -1.09. The minimum Gasteiger partial charge on any atom is -0.242 e. The Labute approximate surface area is 136 Å². The van der Waals surface area contributed by atoms with E-state index < -0.39 is 11.0 Å². The third-order valence-electron chi connectivity index (χ3n) is 3.57. The Balaban J connectivity index is 2.14. The summed E-state index contributed by atoms with van der Waals surface area (Å²) in [6, 6.07) is 10.3. The predicted octanol–water partition coefficient (Wildman–Crippen LogP) is 4.25. The van der Waals surface area contributed by atoms with Crippen molar-refractivity contribution in [1.82, 2.24) is 4.72 Å². The SMILES string of the molecule is CC(C)(C)[S@](=O)N[C@H](/C=C/c1ccccc1)[C@H]1C=CC=CC1. The van der Waals surface area contributed by atoms with E-state index in [1.807, 2.05) is 39.0 Å². The molecule has 1 aromatic carbocycles. The molecule has 1 N–H and O–H groups in total. The van der Waals surface area contributed by atoms with Crippen molar-refractivity contribution in [3.05, 3.63) is 66.3 Å². The van der Waals surface area contributed by atoms with E-state index in [4.69, 9.17) is 0 Å². The van der Waals surface area contributed by atoms with Crippen LogP contribution >= 0.6 is 0 Å². The standard InChI is InChI=1S/C19H25NOS/c1-19(2,3)22(21)20-18(17-12-8-5-9-13-17)15-14-16-10-6-4-7-11-16/h4-12,14-15,17-18,20H,13H2,1-3H3/b15-14+/t17-,18+,22-/m0/s1. The molecule has 3 atom stereocenters. The summed E-state index contributed by atoms with van der Waals surface area (Å²) in [5.74, 6) is 0.330. The predicted molar refractivity (Wildman–Crippen MR) is 96.7 cm³/mol. The summed E-state index contributed by atoms with van der Waals surface area (Å²) < 4.78 is 15.5. The molecule has 0 amide bonds. The molecule has 0 unspecified atom stereocenters. The molecular formula is C19H25NOS. The van der Waals surface area contributed by atoms with Crippen molar-refractivity contribution in [2.24, 2.45) is 5.92 Å². The maximum Gasteiger partial charge on any atom is 0.0975 e. The van der Waals surface area contributed by atoms with E-state index in [1.165, 1.54) is 0 Å². The van der Waals surface area contributed by atoms with E-state index in [-0.39, 0.29) is 10.8 Å². The molecule has 3 heteroatoms. The van der Waals surface area contributed by atoms with E-state index in [2.05, 4.69) is 53.3 Å². The van der Waals surface area contributed by atoms with Gasteiger partial charge in [-0.15, -0.1) is 0 Å². The van der Waals surface area contributed by atoms with Crippen LogP contribution in [0.3, 0.4) is 0 Å². The zero-order chi connectivity index (χ0) is 16.0. The van der Waals surface area contributed by atoms with Gasteiger partial charge in [0, 0.05) is 12.0 Å². The van der Waals surface area contributed by atoms with Crippen molar-refractivity contribution in [3.63, 3.8) is 0 Å². The molecule has 22 heavy (non-hydrogen) atoms. The van der Waals surface area contributed by atoms with Gasteiger partial charge in [0.1, 0.15) is 0 Å². The summed E-state index contributed by atoms with van der Waals surface area (Å²) in [6.45, 7) is 5.97. The Hall–Kier alpha value is -1.45. The van der Waals surface area contributed by atoms with E-state index in [0.717, 1.165) is 12.0 Å². The molecular weight excluding hydrogens is 290 g/mol. The van der Waals surface area contributed by atoms with Crippen molar-refractivity contribution in [2.45, 2.75) is 38.0 Å². The molecule has 2 nitrogen and oxygen atoms in total. The number of benzene rings is 1. The molecule has 0 heterocycles. The largest absolute Gasteiger partial charge is 0.242 e. The summed E-state index contributed by atoms with van der Waals surface area (Å²) in [4.78, 5) is 0.